The van der Waals surface area contributed by atoms with E-state index in [9.17, 15) is 27.6 Å². The lowest BCUT2D eigenvalue weighted by molar-refractivity contribution is -0.146. The van der Waals surface area contributed by atoms with Gasteiger partial charge in [0.1, 0.15) is 11.5 Å². The molecule has 2 rings (SSSR count). The van der Waals surface area contributed by atoms with Crippen LogP contribution in [0.15, 0.2) is 42.5 Å². The van der Waals surface area contributed by atoms with Gasteiger partial charge in [0, 0.05) is 5.56 Å². The van der Waals surface area contributed by atoms with E-state index in [-0.39, 0.29) is 22.1 Å². The normalized spacial score (nSPS) is 12.2. The van der Waals surface area contributed by atoms with E-state index >= 15 is 0 Å². The number of rotatable bonds is 6. The van der Waals surface area contributed by atoms with E-state index in [2.05, 4.69) is 4.74 Å². The highest BCUT2D eigenvalue weighted by atomic mass is 35.5. The molecule has 148 valence electrons. The van der Waals surface area contributed by atoms with E-state index in [0.29, 0.717) is 0 Å². The summed E-state index contributed by atoms with van der Waals surface area (Å²) in [5, 5.41) is -0.275. The highest BCUT2D eigenvalue weighted by molar-refractivity contribution is 6.32. The second-order valence-electron chi connectivity index (χ2n) is 5.70. The van der Waals surface area contributed by atoms with Crippen molar-refractivity contribution in [1.29, 1.82) is 0 Å². The predicted octanol–water partition coefficient (Wildman–Crippen LogP) is 4.71. The van der Waals surface area contributed by atoms with E-state index in [4.69, 9.17) is 16.3 Å². The predicted molar refractivity (Wildman–Crippen MR) is 93.5 cm³/mol. The molecule has 0 radical (unpaired) electrons. The van der Waals surface area contributed by atoms with Crippen LogP contribution < -0.4 is 4.74 Å². The summed E-state index contributed by atoms with van der Waals surface area (Å²) in [5.41, 5.74) is -0.942. The van der Waals surface area contributed by atoms with Crippen LogP contribution in [0.25, 0.3) is 0 Å². The summed E-state index contributed by atoms with van der Waals surface area (Å²) in [6.45, 7) is 1.09. The van der Waals surface area contributed by atoms with Crippen molar-refractivity contribution in [2.24, 2.45) is 5.92 Å². The lowest BCUT2D eigenvalue weighted by Gasteiger charge is -2.13. The summed E-state index contributed by atoms with van der Waals surface area (Å²) in [4.78, 5) is 35.8. The van der Waals surface area contributed by atoms with Crippen molar-refractivity contribution in [2.45, 2.75) is 13.1 Å². The highest BCUT2D eigenvalue weighted by Crippen LogP contribution is 2.36. The Kier molecular flexibility index (Phi) is 6.45. The molecular formula is C19H14ClF3O5. The number of hydrogen-bond acceptors (Lipinski definition) is 5. The smallest absolute Gasteiger partial charge is 0.416 e. The highest BCUT2D eigenvalue weighted by Gasteiger charge is 2.33. The quantitative estimate of drug-likeness (QED) is 0.389. The molecule has 28 heavy (non-hydrogen) atoms. The zero-order valence-corrected chi connectivity index (χ0v) is 15.4. The largest absolute Gasteiger partial charge is 0.468 e. The van der Waals surface area contributed by atoms with E-state index in [0.717, 1.165) is 32.2 Å². The number of benzene rings is 2. The molecule has 0 amide bonds. The van der Waals surface area contributed by atoms with Crippen LogP contribution in [0.4, 0.5) is 13.2 Å². The Hall–Kier alpha value is -2.87. The average Bonchev–Trinajstić information content (AvgIpc) is 2.62. The molecule has 1 unspecified atom stereocenters. The number of carbonyl (C=O) groups excluding carboxylic acids is 3. The van der Waals surface area contributed by atoms with Crippen LogP contribution in [0, 0.1) is 5.92 Å². The minimum Gasteiger partial charge on any atom is -0.468 e. The van der Waals surface area contributed by atoms with Crippen molar-refractivity contribution in [3.63, 3.8) is 0 Å². The molecular weight excluding hydrogens is 401 g/mol. The molecule has 5 nitrogen and oxygen atoms in total. The fourth-order valence-electron chi connectivity index (χ4n) is 2.34. The molecule has 0 saturated heterocycles. The summed E-state index contributed by atoms with van der Waals surface area (Å²) in [6, 6.07) is 8.04. The average molecular weight is 415 g/mol. The molecule has 2 aromatic carbocycles. The molecule has 0 spiro atoms. The Balaban J connectivity index is 2.30. The maximum Gasteiger partial charge on any atom is 0.416 e. The van der Waals surface area contributed by atoms with Crippen molar-refractivity contribution in [1.82, 2.24) is 0 Å². The third-order valence-corrected chi connectivity index (χ3v) is 4.01. The number of Topliss-reactive ketones (excluding diaryl/α,β-unsaturated/α-hetero) is 2. The summed E-state index contributed by atoms with van der Waals surface area (Å²) in [6.07, 6.45) is -4.55. The van der Waals surface area contributed by atoms with Crippen LogP contribution in [0.2, 0.25) is 5.02 Å². The monoisotopic (exact) mass is 414 g/mol. The van der Waals surface area contributed by atoms with Gasteiger partial charge in [-0.1, -0.05) is 23.7 Å². The molecule has 9 heteroatoms. The maximum absolute atomic E-state index is 12.7. The first-order chi connectivity index (χ1) is 13.0. The molecule has 0 aliphatic heterocycles. The summed E-state index contributed by atoms with van der Waals surface area (Å²) >= 11 is 5.84. The Bertz CT molecular complexity index is 924. The molecule has 0 N–H and O–H groups in total. The van der Waals surface area contributed by atoms with Gasteiger partial charge in [-0.2, -0.15) is 13.2 Å². The van der Waals surface area contributed by atoms with Gasteiger partial charge in [-0.3, -0.25) is 14.4 Å². The van der Waals surface area contributed by atoms with Gasteiger partial charge in [-0.15, -0.1) is 0 Å². The first-order valence-electron chi connectivity index (χ1n) is 7.81. The van der Waals surface area contributed by atoms with Gasteiger partial charge in [-0.05, 0) is 37.3 Å². The molecule has 0 heterocycles. The topological polar surface area (TPSA) is 69.7 Å². The van der Waals surface area contributed by atoms with E-state index in [1.54, 1.807) is 0 Å². The molecule has 0 aliphatic rings. The molecule has 1 atom stereocenters. The van der Waals surface area contributed by atoms with Gasteiger partial charge in [0.2, 0.25) is 0 Å². The van der Waals surface area contributed by atoms with Gasteiger partial charge in [-0.25, -0.2) is 0 Å². The second kappa shape index (κ2) is 8.43. The fourth-order valence-corrected chi connectivity index (χ4v) is 2.56. The van der Waals surface area contributed by atoms with Gasteiger partial charge < -0.3 is 9.47 Å². The van der Waals surface area contributed by atoms with Gasteiger partial charge in [0.15, 0.2) is 17.5 Å². The zero-order chi connectivity index (χ0) is 21.1. The van der Waals surface area contributed by atoms with E-state index < -0.39 is 35.2 Å². The number of halogens is 4. The number of ether oxygens (including phenoxy) is 2. The van der Waals surface area contributed by atoms with Gasteiger partial charge in [0.05, 0.1) is 17.7 Å². The lowest BCUT2D eigenvalue weighted by atomic mass is 9.94. The maximum atomic E-state index is 12.7. The number of ketones is 2. The van der Waals surface area contributed by atoms with E-state index in [1.807, 2.05) is 0 Å². The van der Waals surface area contributed by atoms with Crippen molar-refractivity contribution in [3.8, 4) is 11.5 Å². The molecule has 2 aromatic rings. The van der Waals surface area contributed by atoms with Crippen LogP contribution in [0.1, 0.15) is 22.8 Å². The molecule has 0 bridgehead atoms. The summed E-state index contributed by atoms with van der Waals surface area (Å²) in [5.74, 6) is -4.06. The SMILES string of the molecule is COC(=O)C(C(C)=O)C(=O)c1cccc(Oc2ccc(C(F)(F)F)cc2Cl)c1. The van der Waals surface area contributed by atoms with Crippen molar-refractivity contribution in [2.75, 3.05) is 7.11 Å². The van der Waals surface area contributed by atoms with Crippen LogP contribution >= 0.6 is 11.6 Å². The van der Waals surface area contributed by atoms with E-state index in [1.165, 1.54) is 24.3 Å². The third-order valence-electron chi connectivity index (χ3n) is 3.71. The minimum atomic E-state index is -4.55. The van der Waals surface area contributed by atoms with Crippen molar-refractivity contribution in [3.05, 3.63) is 58.6 Å². The Morgan fingerprint density at radius 3 is 2.29 bits per heavy atom. The second-order valence-corrected chi connectivity index (χ2v) is 6.11. The van der Waals surface area contributed by atoms with Gasteiger partial charge in [0.25, 0.3) is 0 Å². The van der Waals surface area contributed by atoms with Crippen LogP contribution in [0.5, 0.6) is 11.5 Å². The van der Waals surface area contributed by atoms with Crippen LogP contribution in [-0.2, 0) is 20.5 Å². The first-order valence-corrected chi connectivity index (χ1v) is 8.19. The van der Waals surface area contributed by atoms with Gasteiger partial charge >= 0.3 is 12.1 Å². The molecule has 0 fully saturated rings. The van der Waals surface area contributed by atoms with Crippen LogP contribution in [0.3, 0.4) is 0 Å². The summed E-state index contributed by atoms with van der Waals surface area (Å²) in [7, 11) is 1.05. The third kappa shape index (κ3) is 4.89. The number of methoxy groups -OCH3 is 1. The van der Waals surface area contributed by atoms with Crippen molar-refractivity contribution >= 4 is 29.1 Å². The van der Waals surface area contributed by atoms with Crippen molar-refractivity contribution < 1.29 is 37.0 Å². The standard InChI is InChI=1S/C19H14ClF3O5/c1-10(24)16(18(26)27-2)17(25)11-4-3-5-13(8-11)28-15-7-6-12(9-14(15)20)19(21,22)23/h3-9,16H,1-2H3. The number of alkyl halides is 3. The Labute approximate surface area is 163 Å². The zero-order valence-electron chi connectivity index (χ0n) is 14.7. The Morgan fingerprint density at radius 1 is 1.07 bits per heavy atom. The molecule has 0 aliphatic carbocycles. The fraction of sp³-hybridized carbons (Fsp3) is 0.211. The Morgan fingerprint density at radius 2 is 1.75 bits per heavy atom. The summed E-state index contributed by atoms with van der Waals surface area (Å²) < 4.78 is 48.0. The number of hydrogen-bond donors (Lipinski definition) is 0. The molecule has 0 aromatic heterocycles. The molecule has 0 saturated carbocycles. The lowest BCUT2D eigenvalue weighted by Crippen LogP contribution is -2.31. The minimum absolute atomic E-state index is 0.00821. The first kappa shape index (κ1) is 21.4. The van der Waals surface area contributed by atoms with Crippen LogP contribution in [-0.4, -0.2) is 24.6 Å². The number of carbonyl (C=O) groups is 3. The number of esters is 1.